The van der Waals surface area contributed by atoms with Crippen molar-refractivity contribution in [2.75, 3.05) is 13.2 Å². The first-order valence-electron chi connectivity index (χ1n) is 4.87. The zero-order valence-corrected chi connectivity index (χ0v) is 8.51. The third kappa shape index (κ3) is 1.84. The molecule has 2 atom stereocenters. The number of aliphatic hydroxyl groups is 1. The molecule has 0 aromatic heterocycles. The van der Waals surface area contributed by atoms with Gasteiger partial charge >= 0.3 is 0 Å². The van der Waals surface area contributed by atoms with E-state index in [2.05, 4.69) is 0 Å². The van der Waals surface area contributed by atoms with Gasteiger partial charge in [-0.1, -0.05) is 12.1 Å². The Bertz CT molecular complexity index is 352. The number of hydrogen-bond donors (Lipinski definition) is 2. The van der Waals surface area contributed by atoms with Crippen molar-refractivity contribution in [3.8, 4) is 5.75 Å². The Kier molecular flexibility index (Phi) is 2.65. The van der Waals surface area contributed by atoms with Crippen LogP contribution in [-0.2, 0) is 15.3 Å². The number of benzene rings is 1. The normalized spacial score (nSPS) is 30.7. The van der Waals surface area contributed by atoms with E-state index in [-0.39, 0.29) is 18.5 Å². The molecule has 1 fully saturated rings. The van der Waals surface area contributed by atoms with Crippen LogP contribution >= 0.6 is 0 Å². The van der Waals surface area contributed by atoms with Crippen LogP contribution in [-0.4, -0.2) is 29.5 Å². The first kappa shape index (κ1) is 10.4. The molecule has 1 saturated heterocycles. The highest BCUT2D eigenvalue weighted by Gasteiger charge is 2.40. The quantitative estimate of drug-likeness (QED) is 0.763. The van der Waals surface area contributed by atoms with Crippen LogP contribution < -0.4 is 0 Å². The monoisotopic (exact) mass is 210 g/mol. The minimum atomic E-state index is -0.960. The van der Waals surface area contributed by atoms with Crippen molar-refractivity contribution in [3.63, 3.8) is 0 Å². The number of phenols is 1. The molecule has 0 radical (unpaired) electrons. The van der Waals surface area contributed by atoms with Gasteiger partial charge in [-0.15, -0.1) is 0 Å². The minimum absolute atomic E-state index is 0.0802. The molecule has 2 N–H and O–H groups in total. The average Bonchev–Trinajstić information content (AvgIpc) is 2.62. The molecule has 4 heteroatoms. The van der Waals surface area contributed by atoms with E-state index in [1.807, 2.05) is 0 Å². The number of phenolic OH excluding ortho intramolecular Hbond substituents is 1. The maximum absolute atomic E-state index is 9.67. The zero-order valence-electron chi connectivity index (χ0n) is 8.51. The fraction of sp³-hybridized carbons (Fsp3) is 0.455. The second kappa shape index (κ2) is 3.81. The van der Waals surface area contributed by atoms with E-state index >= 15 is 0 Å². The summed E-state index contributed by atoms with van der Waals surface area (Å²) in [5.41, 5.74) is 0.584. The summed E-state index contributed by atoms with van der Waals surface area (Å²) in [4.78, 5) is 0. The van der Waals surface area contributed by atoms with Crippen LogP contribution in [0.15, 0.2) is 24.3 Å². The molecular formula is C11H14O4. The van der Waals surface area contributed by atoms with E-state index in [1.165, 1.54) is 0 Å². The largest absolute Gasteiger partial charge is 0.507 e. The summed E-state index contributed by atoms with van der Waals surface area (Å²) in [5, 5.41) is 18.6. The lowest BCUT2D eigenvalue weighted by Gasteiger charge is -2.24. The summed E-state index contributed by atoms with van der Waals surface area (Å²) in [7, 11) is 0. The van der Waals surface area contributed by atoms with Gasteiger partial charge in [0.15, 0.2) is 5.79 Å². The lowest BCUT2D eigenvalue weighted by atomic mass is 10.1. The highest BCUT2D eigenvalue weighted by Crippen LogP contribution is 2.37. The lowest BCUT2D eigenvalue weighted by Crippen LogP contribution is -2.25. The van der Waals surface area contributed by atoms with Crippen molar-refractivity contribution in [2.24, 2.45) is 0 Å². The molecule has 4 nitrogen and oxygen atoms in total. The van der Waals surface area contributed by atoms with E-state index < -0.39 is 5.79 Å². The van der Waals surface area contributed by atoms with Gasteiger partial charge in [0.2, 0.25) is 0 Å². The molecular weight excluding hydrogens is 196 g/mol. The van der Waals surface area contributed by atoms with Crippen LogP contribution in [0.25, 0.3) is 0 Å². The van der Waals surface area contributed by atoms with Gasteiger partial charge in [0, 0.05) is 0 Å². The van der Waals surface area contributed by atoms with Crippen molar-refractivity contribution < 1.29 is 19.7 Å². The van der Waals surface area contributed by atoms with Crippen LogP contribution in [0.1, 0.15) is 12.5 Å². The van der Waals surface area contributed by atoms with Crippen molar-refractivity contribution in [3.05, 3.63) is 29.8 Å². The van der Waals surface area contributed by atoms with Crippen molar-refractivity contribution in [1.29, 1.82) is 0 Å². The number of aliphatic hydroxyl groups excluding tert-OH is 1. The smallest absolute Gasteiger partial charge is 0.196 e. The second-order valence-corrected chi connectivity index (χ2v) is 3.70. The van der Waals surface area contributed by atoms with Crippen molar-refractivity contribution in [1.82, 2.24) is 0 Å². The third-order valence-corrected chi connectivity index (χ3v) is 2.53. The zero-order chi connectivity index (χ0) is 10.9. The van der Waals surface area contributed by atoms with Gasteiger partial charge in [0.05, 0.1) is 18.8 Å². The number of rotatable bonds is 2. The highest BCUT2D eigenvalue weighted by atomic mass is 16.7. The SMILES string of the molecule is CC1(c2ccccc2O)OCC(CO)O1. The van der Waals surface area contributed by atoms with Gasteiger partial charge in [0.1, 0.15) is 11.9 Å². The highest BCUT2D eigenvalue weighted by molar-refractivity contribution is 5.35. The van der Waals surface area contributed by atoms with Crippen LogP contribution in [0.4, 0.5) is 0 Å². The maximum atomic E-state index is 9.67. The van der Waals surface area contributed by atoms with Gasteiger partial charge in [-0.25, -0.2) is 0 Å². The van der Waals surface area contributed by atoms with E-state index in [4.69, 9.17) is 14.6 Å². The molecule has 0 spiro atoms. The first-order chi connectivity index (χ1) is 7.15. The average molecular weight is 210 g/mol. The first-order valence-corrected chi connectivity index (χ1v) is 4.87. The molecule has 1 aliphatic heterocycles. The molecule has 0 amide bonds. The molecule has 1 aromatic carbocycles. The summed E-state index contributed by atoms with van der Waals surface area (Å²) in [6.07, 6.45) is -0.324. The molecule has 1 aliphatic rings. The summed E-state index contributed by atoms with van der Waals surface area (Å²) < 4.78 is 11.0. The van der Waals surface area contributed by atoms with Crippen LogP contribution in [0, 0.1) is 0 Å². The fourth-order valence-electron chi connectivity index (χ4n) is 1.73. The number of aromatic hydroxyl groups is 1. The number of para-hydroxylation sites is 1. The molecule has 15 heavy (non-hydrogen) atoms. The van der Waals surface area contributed by atoms with E-state index in [9.17, 15) is 5.11 Å². The molecule has 0 aliphatic carbocycles. The summed E-state index contributed by atoms with van der Waals surface area (Å²) in [6, 6.07) is 6.87. The van der Waals surface area contributed by atoms with Crippen LogP contribution in [0.2, 0.25) is 0 Å². The predicted octanol–water partition coefficient (Wildman–Crippen LogP) is 0.973. The van der Waals surface area contributed by atoms with E-state index in [1.54, 1.807) is 31.2 Å². The summed E-state index contributed by atoms with van der Waals surface area (Å²) in [5.74, 6) is -0.822. The molecule has 1 heterocycles. The van der Waals surface area contributed by atoms with Gasteiger partial charge in [-0.2, -0.15) is 0 Å². The standard InChI is InChI=1S/C11H14O4/c1-11(14-7-8(6-12)15-11)9-4-2-3-5-10(9)13/h2-5,8,12-13H,6-7H2,1H3. The van der Waals surface area contributed by atoms with Crippen molar-refractivity contribution in [2.45, 2.75) is 18.8 Å². The Balaban J connectivity index is 2.27. The second-order valence-electron chi connectivity index (χ2n) is 3.70. The molecule has 0 saturated carbocycles. The lowest BCUT2D eigenvalue weighted by molar-refractivity contribution is -0.166. The summed E-state index contributed by atoms with van der Waals surface area (Å²) >= 11 is 0. The van der Waals surface area contributed by atoms with Gasteiger partial charge < -0.3 is 19.7 Å². The van der Waals surface area contributed by atoms with E-state index in [0.29, 0.717) is 12.2 Å². The van der Waals surface area contributed by atoms with Crippen LogP contribution in [0.3, 0.4) is 0 Å². The predicted molar refractivity (Wildman–Crippen MR) is 53.4 cm³/mol. The molecule has 2 unspecified atom stereocenters. The molecule has 1 aromatic rings. The Hall–Kier alpha value is -1.10. The molecule has 0 bridgehead atoms. The van der Waals surface area contributed by atoms with E-state index in [0.717, 1.165) is 0 Å². The fourth-order valence-corrected chi connectivity index (χ4v) is 1.73. The Morgan fingerprint density at radius 2 is 2.20 bits per heavy atom. The molecule has 2 rings (SSSR count). The van der Waals surface area contributed by atoms with Crippen molar-refractivity contribution >= 4 is 0 Å². The third-order valence-electron chi connectivity index (χ3n) is 2.53. The molecule has 82 valence electrons. The summed E-state index contributed by atoms with van der Waals surface area (Å²) in [6.45, 7) is 1.99. The van der Waals surface area contributed by atoms with Gasteiger partial charge in [0.25, 0.3) is 0 Å². The number of hydrogen-bond acceptors (Lipinski definition) is 4. The Labute approximate surface area is 88.1 Å². The minimum Gasteiger partial charge on any atom is -0.507 e. The number of ether oxygens (including phenoxy) is 2. The van der Waals surface area contributed by atoms with Gasteiger partial charge in [-0.3, -0.25) is 0 Å². The Morgan fingerprint density at radius 3 is 2.80 bits per heavy atom. The van der Waals surface area contributed by atoms with Gasteiger partial charge in [-0.05, 0) is 19.1 Å². The Morgan fingerprint density at radius 1 is 1.47 bits per heavy atom. The van der Waals surface area contributed by atoms with Crippen LogP contribution in [0.5, 0.6) is 5.75 Å². The topological polar surface area (TPSA) is 58.9 Å². The maximum Gasteiger partial charge on any atom is 0.196 e.